The third-order valence-electron chi connectivity index (χ3n) is 2.91. The van der Waals surface area contributed by atoms with Gasteiger partial charge in [0, 0.05) is 12.1 Å². The van der Waals surface area contributed by atoms with Gasteiger partial charge in [-0.1, -0.05) is 5.16 Å². The minimum Gasteiger partial charge on any atom is -0.494 e. The van der Waals surface area contributed by atoms with Crippen LogP contribution in [0, 0.1) is 17.5 Å². The van der Waals surface area contributed by atoms with E-state index in [1.165, 1.54) is 13.2 Å². The summed E-state index contributed by atoms with van der Waals surface area (Å²) < 4.78 is 25.9. The summed E-state index contributed by atoms with van der Waals surface area (Å²) in [7, 11) is 1.41. The molecule has 1 aromatic carbocycles. The molecule has 0 aliphatic rings. The van der Waals surface area contributed by atoms with E-state index in [0.29, 0.717) is 34.1 Å². The first-order chi connectivity index (χ1) is 9.58. The highest BCUT2D eigenvalue weighted by molar-refractivity contribution is 7.71. The molecule has 0 atom stereocenters. The third kappa shape index (κ3) is 2.07. The lowest BCUT2D eigenvalue weighted by Gasteiger charge is -2.04. The number of aryl methyl sites for hydroxylation is 1. The fourth-order valence-electron chi connectivity index (χ4n) is 2.01. The molecule has 0 aliphatic heterocycles. The summed E-state index contributed by atoms with van der Waals surface area (Å²) in [6, 6.07) is 2.93. The second kappa shape index (κ2) is 4.71. The normalized spacial score (nSPS) is 11.2. The number of nitrogens with one attached hydrogen (secondary N) is 1. The Labute approximate surface area is 118 Å². The summed E-state index contributed by atoms with van der Waals surface area (Å²) in [5.74, 6) is 0.691. The average Bonchev–Trinajstić information content (AvgIpc) is 2.94. The zero-order valence-corrected chi connectivity index (χ0v) is 11.6. The predicted octanol–water partition coefficient (Wildman–Crippen LogP) is 2.59. The van der Waals surface area contributed by atoms with Crippen molar-refractivity contribution in [2.45, 2.75) is 13.5 Å². The molecule has 3 rings (SSSR count). The molecule has 0 amide bonds. The number of ether oxygens (including phenoxy) is 1. The molecular weight excluding hydrogens is 283 g/mol. The molecule has 0 fully saturated rings. The van der Waals surface area contributed by atoms with Crippen LogP contribution in [-0.4, -0.2) is 26.8 Å². The first-order valence-corrected chi connectivity index (χ1v) is 6.24. The summed E-state index contributed by atoms with van der Waals surface area (Å²) in [6.45, 7) is 2.05. The van der Waals surface area contributed by atoms with Gasteiger partial charge < -0.3 is 18.8 Å². The third-order valence-corrected chi connectivity index (χ3v) is 3.23. The fraction of sp³-hybridized carbons (Fsp3) is 0.250. The molecule has 0 saturated heterocycles. The van der Waals surface area contributed by atoms with E-state index in [1.54, 1.807) is 17.6 Å². The monoisotopic (exact) mass is 294 g/mol. The maximum absolute atomic E-state index is 13.7. The Hall–Kier alpha value is -2.22. The van der Waals surface area contributed by atoms with Crippen molar-refractivity contribution in [2.24, 2.45) is 0 Å². The molecule has 104 valence electrons. The van der Waals surface area contributed by atoms with Gasteiger partial charge in [-0.2, -0.15) is 4.98 Å². The summed E-state index contributed by atoms with van der Waals surface area (Å²) in [5.41, 5.74) is 1.30. The van der Waals surface area contributed by atoms with Gasteiger partial charge in [0.25, 0.3) is 0 Å². The second-order valence-electron chi connectivity index (χ2n) is 4.26. The SMILES string of the molecule is COc1cc2c(cc1F)[nH]c(=S)n2Cc1nc(C)no1. The Morgan fingerprint density at radius 1 is 1.50 bits per heavy atom. The van der Waals surface area contributed by atoms with Crippen LogP contribution in [0.5, 0.6) is 5.75 Å². The summed E-state index contributed by atoms with van der Waals surface area (Å²) in [5, 5.41) is 3.73. The number of H-pyrrole nitrogens is 1. The molecule has 0 bridgehead atoms. The molecule has 2 aromatic heterocycles. The number of benzene rings is 1. The smallest absolute Gasteiger partial charge is 0.246 e. The molecule has 0 saturated carbocycles. The number of rotatable bonds is 3. The van der Waals surface area contributed by atoms with Crippen molar-refractivity contribution in [1.82, 2.24) is 19.7 Å². The van der Waals surface area contributed by atoms with E-state index in [1.807, 2.05) is 0 Å². The second-order valence-corrected chi connectivity index (χ2v) is 4.64. The van der Waals surface area contributed by atoms with E-state index in [2.05, 4.69) is 15.1 Å². The highest BCUT2D eigenvalue weighted by Gasteiger charge is 2.13. The van der Waals surface area contributed by atoms with Gasteiger partial charge in [0.1, 0.15) is 6.54 Å². The number of imidazole rings is 1. The minimum atomic E-state index is -0.447. The fourth-order valence-corrected chi connectivity index (χ4v) is 2.28. The molecule has 6 nitrogen and oxygen atoms in total. The van der Waals surface area contributed by atoms with Crippen molar-refractivity contribution in [3.63, 3.8) is 0 Å². The van der Waals surface area contributed by atoms with Crippen LogP contribution in [0.4, 0.5) is 4.39 Å². The number of methoxy groups -OCH3 is 1. The van der Waals surface area contributed by atoms with Crippen LogP contribution in [-0.2, 0) is 6.54 Å². The van der Waals surface area contributed by atoms with Crippen LogP contribution in [0.25, 0.3) is 11.0 Å². The van der Waals surface area contributed by atoms with Gasteiger partial charge in [0.15, 0.2) is 22.2 Å². The number of aromatic nitrogens is 4. The van der Waals surface area contributed by atoms with E-state index < -0.39 is 5.82 Å². The Morgan fingerprint density at radius 2 is 2.30 bits per heavy atom. The van der Waals surface area contributed by atoms with Gasteiger partial charge in [-0.15, -0.1) is 0 Å². The van der Waals surface area contributed by atoms with E-state index in [4.69, 9.17) is 21.5 Å². The van der Waals surface area contributed by atoms with Crippen LogP contribution in [0.1, 0.15) is 11.7 Å². The van der Waals surface area contributed by atoms with Gasteiger partial charge in [0.2, 0.25) is 5.89 Å². The van der Waals surface area contributed by atoms with Crippen molar-refractivity contribution in [1.29, 1.82) is 0 Å². The van der Waals surface area contributed by atoms with E-state index in [9.17, 15) is 4.39 Å². The number of aromatic amines is 1. The summed E-state index contributed by atoms with van der Waals surface area (Å²) in [4.78, 5) is 7.07. The van der Waals surface area contributed by atoms with Crippen LogP contribution < -0.4 is 4.74 Å². The number of hydrogen-bond acceptors (Lipinski definition) is 5. The number of hydrogen-bond donors (Lipinski definition) is 1. The Kier molecular flexibility index (Phi) is 3.01. The minimum absolute atomic E-state index is 0.155. The van der Waals surface area contributed by atoms with Crippen molar-refractivity contribution in [2.75, 3.05) is 7.11 Å². The molecule has 20 heavy (non-hydrogen) atoms. The number of fused-ring (bicyclic) bond motifs is 1. The van der Waals surface area contributed by atoms with E-state index >= 15 is 0 Å². The van der Waals surface area contributed by atoms with Crippen LogP contribution in [0.3, 0.4) is 0 Å². The number of halogens is 1. The molecule has 2 heterocycles. The van der Waals surface area contributed by atoms with E-state index in [-0.39, 0.29) is 5.75 Å². The van der Waals surface area contributed by atoms with Crippen LogP contribution in [0.2, 0.25) is 0 Å². The van der Waals surface area contributed by atoms with Crippen molar-refractivity contribution < 1.29 is 13.7 Å². The Bertz CT molecular complexity index is 836. The summed E-state index contributed by atoms with van der Waals surface area (Å²) >= 11 is 5.24. The summed E-state index contributed by atoms with van der Waals surface area (Å²) in [6.07, 6.45) is 0. The van der Waals surface area contributed by atoms with Gasteiger partial charge >= 0.3 is 0 Å². The topological polar surface area (TPSA) is 68.9 Å². The maximum Gasteiger partial charge on any atom is 0.246 e. The number of nitrogens with zero attached hydrogens (tertiary/aromatic N) is 3. The first-order valence-electron chi connectivity index (χ1n) is 5.83. The molecule has 0 radical (unpaired) electrons. The van der Waals surface area contributed by atoms with Crippen molar-refractivity contribution in [3.05, 3.63) is 34.4 Å². The van der Waals surface area contributed by atoms with Crippen LogP contribution >= 0.6 is 12.2 Å². The highest BCUT2D eigenvalue weighted by Crippen LogP contribution is 2.25. The highest BCUT2D eigenvalue weighted by atomic mass is 32.1. The van der Waals surface area contributed by atoms with Crippen molar-refractivity contribution in [3.8, 4) is 5.75 Å². The average molecular weight is 294 g/mol. The van der Waals surface area contributed by atoms with Crippen molar-refractivity contribution >= 4 is 23.3 Å². The Morgan fingerprint density at radius 3 is 2.95 bits per heavy atom. The maximum atomic E-state index is 13.7. The largest absolute Gasteiger partial charge is 0.494 e. The predicted molar refractivity (Wildman–Crippen MR) is 71.8 cm³/mol. The molecule has 3 aromatic rings. The molecular formula is C12H11FN4O2S. The zero-order valence-electron chi connectivity index (χ0n) is 10.8. The van der Waals surface area contributed by atoms with Gasteiger partial charge in [-0.05, 0) is 19.1 Å². The lowest BCUT2D eigenvalue weighted by atomic mass is 10.3. The Balaban J connectivity index is 2.14. The van der Waals surface area contributed by atoms with Gasteiger partial charge in [0.05, 0.1) is 18.1 Å². The quantitative estimate of drug-likeness (QED) is 0.752. The first kappa shape index (κ1) is 12.8. The molecule has 0 aliphatic carbocycles. The zero-order chi connectivity index (χ0) is 14.3. The van der Waals surface area contributed by atoms with E-state index in [0.717, 1.165) is 0 Å². The standard InChI is InChI=1S/C12H11FN4O2S/c1-6-14-11(19-16-6)5-17-9-4-10(18-2)7(13)3-8(9)15-12(17)20/h3-4H,5H2,1-2H3,(H,15,20). The molecule has 8 heteroatoms. The van der Waals surface area contributed by atoms with Gasteiger partial charge in [-0.3, -0.25) is 0 Å². The lowest BCUT2D eigenvalue weighted by molar-refractivity contribution is 0.368. The molecule has 0 unspecified atom stereocenters. The lowest BCUT2D eigenvalue weighted by Crippen LogP contribution is -2.00. The molecule has 1 N–H and O–H groups in total. The van der Waals surface area contributed by atoms with Crippen LogP contribution in [0.15, 0.2) is 16.7 Å². The molecule has 0 spiro atoms. The van der Waals surface area contributed by atoms with Gasteiger partial charge in [-0.25, -0.2) is 4.39 Å².